The normalized spacial score (nSPS) is 12.9. The number of methoxy groups -OCH3 is 1. The Hall–Kier alpha value is -1.40. The molecule has 6 heteroatoms. The van der Waals surface area contributed by atoms with E-state index in [9.17, 15) is 13.2 Å². The lowest BCUT2D eigenvalue weighted by molar-refractivity contribution is -0.141. The van der Waals surface area contributed by atoms with Crippen LogP contribution in [0.15, 0.2) is 29.2 Å². The summed E-state index contributed by atoms with van der Waals surface area (Å²) in [5.41, 5.74) is 0.982. The summed E-state index contributed by atoms with van der Waals surface area (Å²) < 4.78 is 33.3. The van der Waals surface area contributed by atoms with E-state index in [0.717, 1.165) is 5.56 Å². The van der Waals surface area contributed by atoms with E-state index in [1.807, 2.05) is 13.8 Å². The molecule has 0 fully saturated rings. The summed E-state index contributed by atoms with van der Waals surface area (Å²) in [5.74, 6) is -0.297. The quantitative estimate of drug-likeness (QED) is 0.571. The van der Waals surface area contributed by atoms with Crippen molar-refractivity contribution in [3.05, 3.63) is 29.8 Å². The monoisotopic (exact) mass is 300 g/mol. The van der Waals surface area contributed by atoms with Gasteiger partial charge in [0.2, 0.25) is 0 Å². The van der Waals surface area contributed by atoms with E-state index in [1.165, 1.54) is 19.2 Å². The fourth-order valence-corrected chi connectivity index (χ4v) is 2.52. The smallest absolute Gasteiger partial charge is 0.305 e. The minimum Gasteiger partial charge on any atom is -0.469 e. The highest BCUT2D eigenvalue weighted by Gasteiger charge is 2.16. The Morgan fingerprint density at radius 2 is 1.85 bits per heavy atom. The predicted octanol–water partition coefficient (Wildman–Crippen LogP) is 2.29. The Kier molecular flexibility index (Phi) is 6.16. The number of rotatable bonds is 7. The number of benzene rings is 1. The van der Waals surface area contributed by atoms with Gasteiger partial charge in [-0.1, -0.05) is 24.6 Å². The van der Waals surface area contributed by atoms with Gasteiger partial charge in [-0.25, -0.2) is 0 Å². The fourth-order valence-electron chi connectivity index (χ4n) is 1.60. The lowest BCUT2D eigenvalue weighted by Gasteiger charge is -2.10. The zero-order chi connectivity index (χ0) is 15.2. The van der Waals surface area contributed by atoms with Gasteiger partial charge in [-0.05, 0) is 31.4 Å². The second-order valence-corrected chi connectivity index (χ2v) is 6.38. The maximum absolute atomic E-state index is 11.9. The Balaban J connectivity index is 2.48. The van der Waals surface area contributed by atoms with Gasteiger partial charge in [0.05, 0.1) is 18.6 Å². The number of carbonyl (C=O) groups is 1. The molecule has 0 bridgehead atoms. The summed E-state index contributed by atoms with van der Waals surface area (Å²) in [5, 5.41) is 0. The molecule has 0 unspecified atom stereocenters. The maximum Gasteiger partial charge on any atom is 0.305 e. The van der Waals surface area contributed by atoms with Crippen molar-refractivity contribution in [2.45, 2.75) is 31.6 Å². The van der Waals surface area contributed by atoms with Crippen molar-refractivity contribution in [3.8, 4) is 0 Å². The Morgan fingerprint density at radius 3 is 2.40 bits per heavy atom. The molecule has 0 spiro atoms. The van der Waals surface area contributed by atoms with Crippen LogP contribution >= 0.6 is 0 Å². The second-order valence-electron chi connectivity index (χ2n) is 4.76. The van der Waals surface area contributed by atoms with Crippen LogP contribution in [0.2, 0.25) is 0 Å². The molecule has 0 N–H and O–H groups in total. The number of esters is 1. The highest BCUT2D eigenvalue weighted by atomic mass is 32.2. The Bertz CT molecular complexity index is 533. The van der Waals surface area contributed by atoms with E-state index in [-0.39, 0.29) is 29.8 Å². The van der Waals surface area contributed by atoms with Crippen LogP contribution < -0.4 is 0 Å². The molecular formula is C14H20O5S. The van der Waals surface area contributed by atoms with Gasteiger partial charge >= 0.3 is 5.97 Å². The molecule has 1 aromatic rings. The molecular weight excluding hydrogens is 280 g/mol. The molecule has 0 saturated heterocycles. The molecule has 0 aromatic heterocycles. The molecule has 0 heterocycles. The standard InChI is InChI=1S/C14H20O5S/c1-11-4-6-13(7-5-11)20(16,17)19-9-8-12(2)10-14(15)18-3/h4-7,12H,8-10H2,1-3H3/t12-/m1/s1. The third-order valence-electron chi connectivity index (χ3n) is 2.90. The first-order valence-electron chi connectivity index (χ1n) is 6.38. The molecule has 0 saturated carbocycles. The third kappa shape index (κ3) is 5.30. The van der Waals surface area contributed by atoms with Crippen molar-refractivity contribution in [3.63, 3.8) is 0 Å². The minimum atomic E-state index is -3.72. The van der Waals surface area contributed by atoms with Gasteiger partial charge in [-0.3, -0.25) is 8.98 Å². The topological polar surface area (TPSA) is 69.7 Å². The van der Waals surface area contributed by atoms with E-state index < -0.39 is 10.1 Å². The van der Waals surface area contributed by atoms with Crippen molar-refractivity contribution >= 4 is 16.1 Å². The van der Waals surface area contributed by atoms with Gasteiger partial charge in [0.1, 0.15) is 0 Å². The van der Waals surface area contributed by atoms with E-state index >= 15 is 0 Å². The SMILES string of the molecule is COC(=O)C[C@H](C)CCOS(=O)(=O)c1ccc(C)cc1. The first kappa shape index (κ1) is 16.7. The first-order chi connectivity index (χ1) is 9.35. The largest absolute Gasteiger partial charge is 0.469 e. The highest BCUT2D eigenvalue weighted by Crippen LogP contribution is 2.15. The Labute approximate surface area is 120 Å². The molecule has 0 radical (unpaired) electrons. The summed E-state index contributed by atoms with van der Waals surface area (Å²) in [4.78, 5) is 11.2. The van der Waals surface area contributed by atoms with Crippen LogP contribution in [0.25, 0.3) is 0 Å². The zero-order valence-electron chi connectivity index (χ0n) is 12.0. The fraction of sp³-hybridized carbons (Fsp3) is 0.500. The molecule has 1 rings (SSSR count). The molecule has 0 amide bonds. The Morgan fingerprint density at radius 1 is 1.25 bits per heavy atom. The van der Waals surface area contributed by atoms with Gasteiger partial charge in [-0.15, -0.1) is 0 Å². The van der Waals surface area contributed by atoms with Crippen LogP contribution in [0.3, 0.4) is 0 Å². The molecule has 1 atom stereocenters. The molecule has 0 aliphatic rings. The first-order valence-corrected chi connectivity index (χ1v) is 7.79. The molecule has 0 aliphatic carbocycles. The highest BCUT2D eigenvalue weighted by molar-refractivity contribution is 7.86. The number of carbonyl (C=O) groups excluding carboxylic acids is 1. The second kappa shape index (κ2) is 7.40. The van der Waals surface area contributed by atoms with Crippen molar-refractivity contribution in [1.82, 2.24) is 0 Å². The van der Waals surface area contributed by atoms with E-state index in [4.69, 9.17) is 4.18 Å². The minimum absolute atomic E-state index is 0.00988. The van der Waals surface area contributed by atoms with E-state index in [2.05, 4.69) is 4.74 Å². The third-order valence-corrected chi connectivity index (χ3v) is 4.23. The van der Waals surface area contributed by atoms with Gasteiger partial charge in [0.25, 0.3) is 10.1 Å². The summed E-state index contributed by atoms with van der Waals surface area (Å²) in [6, 6.07) is 6.47. The van der Waals surface area contributed by atoms with E-state index in [0.29, 0.717) is 6.42 Å². The molecule has 20 heavy (non-hydrogen) atoms. The molecule has 5 nitrogen and oxygen atoms in total. The summed E-state index contributed by atoms with van der Waals surface area (Å²) >= 11 is 0. The molecule has 112 valence electrons. The van der Waals surface area contributed by atoms with Crippen molar-refractivity contribution in [2.75, 3.05) is 13.7 Å². The van der Waals surface area contributed by atoms with Gasteiger partial charge in [0.15, 0.2) is 0 Å². The van der Waals surface area contributed by atoms with Crippen LogP contribution in [0.1, 0.15) is 25.3 Å². The number of aryl methyl sites for hydroxylation is 1. The van der Waals surface area contributed by atoms with Crippen LogP contribution in [0.4, 0.5) is 0 Å². The van der Waals surface area contributed by atoms with Crippen LogP contribution in [-0.2, 0) is 23.8 Å². The van der Waals surface area contributed by atoms with E-state index in [1.54, 1.807) is 12.1 Å². The summed E-state index contributed by atoms with van der Waals surface area (Å²) in [7, 11) is -2.40. The lowest BCUT2D eigenvalue weighted by atomic mass is 10.1. The summed E-state index contributed by atoms with van der Waals surface area (Å²) in [6.45, 7) is 3.78. The average Bonchev–Trinajstić information content (AvgIpc) is 2.38. The van der Waals surface area contributed by atoms with Gasteiger partial charge < -0.3 is 4.74 Å². The van der Waals surface area contributed by atoms with Gasteiger partial charge in [0, 0.05) is 6.42 Å². The molecule has 0 aliphatic heterocycles. The molecule has 1 aromatic carbocycles. The maximum atomic E-state index is 11.9. The van der Waals surface area contributed by atoms with Crippen LogP contribution in [0.5, 0.6) is 0 Å². The van der Waals surface area contributed by atoms with Crippen LogP contribution in [0, 0.1) is 12.8 Å². The van der Waals surface area contributed by atoms with Crippen molar-refractivity contribution in [1.29, 1.82) is 0 Å². The zero-order valence-corrected chi connectivity index (χ0v) is 12.8. The number of ether oxygens (including phenoxy) is 1. The lowest BCUT2D eigenvalue weighted by Crippen LogP contribution is -2.12. The van der Waals surface area contributed by atoms with Crippen LogP contribution in [-0.4, -0.2) is 28.1 Å². The average molecular weight is 300 g/mol. The van der Waals surface area contributed by atoms with Gasteiger partial charge in [-0.2, -0.15) is 8.42 Å². The van der Waals surface area contributed by atoms with Crippen molar-refractivity contribution < 1.29 is 22.1 Å². The number of hydrogen-bond donors (Lipinski definition) is 0. The van der Waals surface area contributed by atoms with Crippen molar-refractivity contribution in [2.24, 2.45) is 5.92 Å². The number of hydrogen-bond acceptors (Lipinski definition) is 5. The summed E-state index contributed by atoms with van der Waals surface area (Å²) in [6.07, 6.45) is 0.727. The predicted molar refractivity (Wildman–Crippen MR) is 74.7 cm³/mol.